The molecule has 8 nitrogen and oxygen atoms in total. The molecule has 0 N–H and O–H groups in total. The summed E-state index contributed by atoms with van der Waals surface area (Å²) >= 11 is 0. The van der Waals surface area contributed by atoms with Crippen molar-refractivity contribution in [1.29, 1.82) is 0 Å². The maximum absolute atomic E-state index is 6.05. The Labute approximate surface area is 167 Å². The summed E-state index contributed by atoms with van der Waals surface area (Å²) < 4.78 is 34.2. The molecule has 9 heteroatoms. The van der Waals surface area contributed by atoms with E-state index in [0.29, 0.717) is 43.6 Å². The van der Waals surface area contributed by atoms with Crippen LogP contribution in [0.25, 0.3) is 0 Å². The highest BCUT2D eigenvalue weighted by atomic mass is 28.4. The number of hydrogen-bond donors (Lipinski definition) is 0. The van der Waals surface area contributed by atoms with E-state index < -0.39 is 8.80 Å². The van der Waals surface area contributed by atoms with Crippen LogP contribution < -0.4 is 14.2 Å². The molecular formula is C19H30N2O6Si. The second-order valence-corrected chi connectivity index (χ2v) is 9.40. The molecule has 2 bridgehead atoms. The largest absolute Gasteiger partial charge is 0.501 e. The summed E-state index contributed by atoms with van der Waals surface area (Å²) in [5.41, 5.74) is 0.894. The minimum Gasteiger partial charge on any atom is -0.493 e. The number of hydrogen-bond acceptors (Lipinski definition) is 8. The molecule has 3 aliphatic rings. The first-order chi connectivity index (χ1) is 13.7. The van der Waals surface area contributed by atoms with E-state index in [2.05, 4.69) is 9.89 Å². The zero-order chi connectivity index (χ0) is 19.8. The molecule has 0 spiro atoms. The van der Waals surface area contributed by atoms with Gasteiger partial charge in [-0.1, -0.05) is 0 Å². The Kier molecular flexibility index (Phi) is 7.69. The van der Waals surface area contributed by atoms with E-state index in [0.717, 1.165) is 37.7 Å². The van der Waals surface area contributed by atoms with Gasteiger partial charge in [-0.05, 0) is 24.1 Å². The number of ether oxygens (including phenoxy) is 3. The van der Waals surface area contributed by atoms with Gasteiger partial charge in [0.2, 0.25) is 5.75 Å². The van der Waals surface area contributed by atoms with Gasteiger partial charge in [-0.3, -0.25) is 9.89 Å². The lowest BCUT2D eigenvalue weighted by atomic mass is 10.2. The third-order valence-electron chi connectivity index (χ3n) is 4.89. The fraction of sp³-hybridized carbons (Fsp3) is 0.632. The monoisotopic (exact) mass is 410 g/mol. The Morgan fingerprint density at radius 3 is 2.04 bits per heavy atom. The second-order valence-electron chi connectivity index (χ2n) is 6.67. The van der Waals surface area contributed by atoms with Crippen LogP contribution in [0.5, 0.6) is 17.2 Å². The summed E-state index contributed by atoms with van der Waals surface area (Å²) in [5.74, 6) is 1.80. The molecule has 1 aromatic carbocycles. The summed E-state index contributed by atoms with van der Waals surface area (Å²) in [6.07, 6.45) is 2.68. The Balaban J connectivity index is 1.56. The number of fused-ring (bicyclic) bond motifs is 6. The van der Waals surface area contributed by atoms with Crippen molar-refractivity contribution in [3.8, 4) is 17.2 Å². The van der Waals surface area contributed by atoms with Crippen LogP contribution in [0.3, 0.4) is 0 Å². The van der Waals surface area contributed by atoms with Gasteiger partial charge in [0.05, 0.1) is 41.2 Å². The van der Waals surface area contributed by atoms with Gasteiger partial charge in [0.25, 0.3) is 0 Å². The number of nitrogens with zero attached hydrogens (tertiary/aromatic N) is 2. The number of rotatable bonds is 8. The summed E-state index contributed by atoms with van der Waals surface area (Å²) in [6, 6.07) is 4.55. The van der Waals surface area contributed by atoms with Gasteiger partial charge >= 0.3 is 8.80 Å². The van der Waals surface area contributed by atoms with Crippen molar-refractivity contribution < 1.29 is 27.5 Å². The standard InChI is InChI=1S/C19H30N2O6Si/c1-22-17-13-16(14-18(23-2)19(17)24-3)15-20-5-4-12-28-25-9-6-21(7-10-26-28)8-11-27-28/h13-15H,4-12H2,1-3H3. The zero-order valence-corrected chi connectivity index (χ0v) is 17.9. The van der Waals surface area contributed by atoms with Crippen molar-refractivity contribution in [2.45, 2.75) is 12.5 Å². The van der Waals surface area contributed by atoms with Gasteiger partial charge < -0.3 is 27.5 Å². The van der Waals surface area contributed by atoms with E-state index in [1.165, 1.54) is 0 Å². The first-order valence-corrected chi connectivity index (χ1v) is 11.6. The SMILES string of the molecule is COc1cc(C=NCCC[Si]23OCCN(CCO2)CCO3)cc(OC)c1OC. The zero-order valence-electron chi connectivity index (χ0n) is 16.9. The highest BCUT2D eigenvalue weighted by Gasteiger charge is 2.43. The smallest absolute Gasteiger partial charge is 0.493 e. The first-order valence-electron chi connectivity index (χ1n) is 9.64. The third kappa shape index (κ3) is 5.24. The van der Waals surface area contributed by atoms with Gasteiger partial charge in [-0.25, -0.2) is 0 Å². The summed E-state index contributed by atoms with van der Waals surface area (Å²) in [5, 5.41) is 0. The van der Waals surface area contributed by atoms with Crippen LogP contribution >= 0.6 is 0 Å². The van der Waals surface area contributed by atoms with Crippen LogP contribution in [0, 0.1) is 0 Å². The van der Waals surface area contributed by atoms with Crippen molar-refractivity contribution in [3.05, 3.63) is 17.7 Å². The lowest BCUT2D eigenvalue weighted by Gasteiger charge is -2.38. The van der Waals surface area contributed by atoms with Crippen LogP contribution in [0.15, 0.2) is 17.1 Å². The van der Waals surface area contributed by atoms with E-state index >= 15 is 0 Å². The molecule has 3 saturated heterocycles. The minimum absolute atomic E-state index is 0.575. The van der Waals surface area contributed by atoms with Gasteiger partial charge in [0.15, 0.2) is 11.5 Å². The number of benzene rings is 1. The maximum Gasteiger partial charge on any atom is 0.501 e. The second kappa shape index (κ2) is 10.2. The van der Waals surface area contributed by atoms with Crippen LogP contribution in [0.2, 0.25) is 6.04 Å². The van der Waals surface area contributed by atoms with Gasteiger partial charge in [0.1, 0.15) is 0 Å². The van der Waals surface area contributed by atoms with E-state index in [4.69, 9.17) is 27.5 Å². The fourth-order valence-electron chi connectivity index (χ4n) is 3.40. The van der Waals surface area contributed by atoms with Crippen molar-refractivity contribution in [1.82, 2.24) is 4.90 Å². The molecule has 0 aromatic heterocycles. The van der Waals surface area contributed by atoms with Gasteiger partial charge in [0, 0.05) is 38.4 Å². The number of methoxy groups -OCH3 is 3. The Hall–Kier alpha value is -1.65. The maximum atomic E-state index is 6.05. The lowest BCUT2D eigenvalue weighted by Crippen LogP contribution is -2.55. The molecule has 0 unspecified atom stereocenters. The fourth-order valence-corrected chi connectivity index (χ4v) is 5.88. The van der Waals surface area contributed by atoms with Crippen LogP contribution in [-0.2, 0) is 13.3 Å². The molecular weight excluding hydrogens is 380 g/mol. The van der Waals surface area contributed by atoms with Crippen molar-refractivity contribution >= 4 is 15.0 Å². The van der Waals surface area contributed by atoms with Crippen molar-refractivity contribution in [3.63, 3.8) is 0 Å². The molecule has 0 atom stereocenters. The Morgan fingerprint density at radius 1 is 0.964 bits per heavy atom. The topological polar surface area (TPSA) is 71.0 Å². The number of aliphatic imine (C=N–C) groups is 1. The Bertz CT molecular complexity index is 620. The first kappa shape index (κ1) is 21.1. The molecule has 28 heavy (non-hydrogen) atoms. The van der Waals surface area contributed by atoms with E-state index in [9.17, 15) is 0 Å². The third-order valence-corrected chi connectivity index (χ3v) is 7.78. The summed E-state index contributed by atoms with van der Waals surface area (Å²) in [6.45, 7) is 5.60. The molecule has 3 heterocycles. The summed E-state index contributed by atoms with van der Waals surface area (Å²) in [4.78, 5) is 6.86. The molecule has 0 saturated carbocycles. The van der Waals surface area contributed by atoms with Gasteiger partial charge in [-0.2, -0.15) is 0 Å². The molecule has 3 aliphatic heterocycles. The molecule has 0 aliphatic carbocycles. The average Bonchev–Trinajstić information content (AvgIpc) is 2.67. The highest BCUT2D eigenvalue weighted by molar-refractivity contribution is 6.60. The predicted octanol–water partition coefficient (Wildman–Crippen LogP) is 1.84. The minimum atomic E-state index is -2.56. The quantitative estimate of drug-likeness (QED) is 0.368. The molecule has 1 aromatic rings. The highest BCUT2D eigenvalue weighted by Crippen LogP contribution is 2.37. The lowest BCUT2D eigenvalue weighted by molar-refractivity contribution is -0.00841. The van der Waals surface area contributed by atoms with E-state index in [-0.39, 0.29) is 0 Å². The average molecular weight is 411 g/mol. The molecule has 3 fully saturated rings. The normalized spacial score (nSPS) is 25.2. The van der Waals surface area contributed by atoms with Gasteiger partial charge in [-0.15, -0.1) is 0 Å². The summed E-state index contributed by atoms with van der Waals surface area (Å²) in [7, 11) is 2.24. The predicted molar refractivity (Wildman–Crippen MR) is 108 cm³/mol. The van der Waals surface area contributed by atoms with Crippen LogP contribution in [0.4, 0.5) is 0 Å². The van der Waals surface area contributed by atoms with E-state index in [1.54, 1.807) is 21.3 Å². The molecule has 0 amide bonds. The molecule has 0 radical (unpaired) electrons. The van der Waals surface area contributed by atoms with E-state index in [1.807, 2.05) is 18.3 Å². The van der Waals surface area contributed by atoms with Crippen molar-refractivity contribution in [2.24, 2.45) is 4.99 Å². The van der Waals surface area contributed by atoms with Crippen LogP contribution in [0.1, 0.15) is 12.0 Å². The Morgan fingerprint density at radius 2 is 1.54 bits per heavy atom. The molecule has 4 rings (SSSR count). The van der Waals surface area contributed by atoms with Crippen LogP contribution in [-0.4, -0.2) is 87.2 Å². The van der Waals surface area contributed by atoms with Crippen molar-refractivity contribution in [2.75, 3.05) is 67.3 Å². The molecule has 156 valence electrons.